The first-order valence-electron chi connectivity index (χ1n) is 7.89. The average molecular weight is 351 g/mol. The van der Waals surface area contributed by atoms with Gasteiger partial charge >= 0.3 is 11.9 Å². The zero-order valence-corrected chi connectivity index (χ0v) is 14.1. The van der Waals surface area contributed by atoms with Crippen LogP contribution in [0.4, 0.5) is 0 Å². The molecule has 0 saturated heterocycles. The zero-order chi connectivity index (χ0) is 18.5. The van der Waals surface area contributed by atoms with Gasteiger partial charge in [0.15, 0.2) is 0 Å². The summed E-state index contributed by atoms with van der Waals surface area (Å²) < 4.78 is 9.94. The molecule has 0 radical (unpaired) electrons. The van der Waals surface area contributed by atoms with Gasteiger partial charge in [-0.2, -0.15) is 0 Å². The van der Waals surface area contributed by atoms with Gasteiger partial charge in [-0.25, -0.2) is 9.59 Å². The number of phenolic OH excluding ortho intramolecular Hbond substituents is 1. The summed E-state index contributed by atoms with van der Waals surface area (Å²) in [5.74, 6) is -1.13. The van der Waals surface area contributed by atoms with Gasteiger partial charge in [-0.15, -0.1) is 0 Å². The topological polar surface area (TPSA) is 88.6 Å². The molecular weight excluding hydrogens is 334 g/mol. The van der Waals surface area contributed by atoms with E-state index < -0.39 is 11.9 Å². The lowest BCUT2D eigenvalue weighted by molar-refractivity contribution is 0.0466. The van der Waals surface area contributed by atoms with Crippen molar-refractivity contribution in [3.63, 3.8) is 0 Å². The quantitative estimate of drug-likeness (QED) is 0.687. The summed E-state index contributed by atoms with van der Waals surface area (Å²) in [7, 11) is 1.27. The van der Waals surface area contributed by atoms with Crippen molar-refractivity contribution in [2.45, 2.75) is 6.61 Å². The molecule has 1 aromatic heterocycles. The molecule has 0 atom stereocenters. The van der Waals surface area contributed by atoms with E-state index >= 15 is 0 Å². The molecule has 3 rings (SSSR count). The molecule has 1 heterocycles. The SMILES string of the molecule is COC(=O)c1cc(O)cc(-c2ccc(C(=O)OCc3ccccc3)[nH]2)c1. The summed E-state index contributed by atoms with van der Waals surface area (Å²) in [4.78, 5) is 26.8. The summed E-state index contributed by atoms with van der Waals surface area (Å²) in [6.45, 7) is 0.173. The van der Waals surface area contributed by atoms with E-state index in [0.29, 0.717) is 11.3 Å². The minimum absolute atomic E-state index is 0.0781. The predicted octanol–water partition coefficient (Wildman–Crippen LogP) is 3.53. The number of ether oxygens (including phenoxy) is 2. The largest absolute Gasteiger partial charge is 0.508 e. The molecule has 0 bridgehead atoms. The number of aromatic nitrogens is 1. The van der Waals surface area contributed by atoms with Crippen LogP contribution in [0.15, 0.2) is 60.7 Å². The Kier molecular flexibility index (Phi) is 5.03. The van der Waals surface area contributed by atoms with Crippen LogP contribution in [0, 0.1) is 0 Å². The molecule has 0 fully saturated rings. The van der Waals surface area contributed by atoms with Gasteiger partial charge in [0, 0.05) is 11.3 Å². The number of methoxy groups -OCH3 is 1. The smallest absolute Gasteiger partial charge is 0.355 e. The summed E-state index contributed by atoms with van der Waals surface area (Å²) in [6, 6.07) is 17.0. The number of aromatic amines is 1. The van der Waals surface area contributed by atoms with Crippen LogP contribution in [0.25, 0.3) is 11.3 Å². The van der Waals surface area contributed by atoms with Gasteiger partial charge in [0.1, 0.15) is 18.1 Å². The number of nitrogens with one attached hydrogen (secondary N) is 1. The zero-order valence-electron chi connectivity index (χ0n) is 14.1. The van der Waals surface area contributed by atoms with Crippen molar-refractivity contribution in [1.82, 2.24) is 4.98 Å². The van der Waals surface area contributed by atoms with Crippen LogP contribution in [0.3, 0.4) is 0 Å². The molecule has 0 aliphatic carbocycles. The van der Waals surface area contributed by atoms with E-state index in [1.54, 1.807) is 18.2 Å². The van der Waals surface area contributed by atoms with Crippen molar-refractivity contribution >= 4 is 11.9 Å². The Bertz CT molecular complexity index is 930. The standard InChI is InChI=1S/C20H17NO5/c1-25-19(23)15-9-14(10-16(22)11-15)17-7-8-18(21-17)20(24)26-12-13-5-3-2-4-6-13/h2-11,21-22H,12H2,1H3. The third-order valence-electron chi connectivity index (χ3n) is 3.77. The van der Waals surface area contributed by atoms with Gasteiger partial charge in [-0.1, -0.05) is 30.3 Å². The van der Waals surface area contributed by atoms with Gasteiger partial charge in [0.25, 0.3) is 0 Å². The summed E-state index contributed by atoms with van der Waals surface area (Å²) in [5.41, 5.74) is 2.50. The van der Waals surface area contributed by atoms with Crippen LogP contribution in [-0.4, -0.2) is 29.1 Å². The molecule has 26 heavy (non-hydrogen) atoms. The fraction of sp³-hybridized carbons (Fsp3) is 0.100. The molecule has 2 aromatic carbocycles. The molecule has 0 unspecified atom stereocenters. The lowest BCUT2D eigenvalue weighted by atomic mass is 10.1. The van der Waals surface area contributed by atoms with Crippen LogP contribution in [0.2, 0.25) is 0 Å². The third kappa shape index (κ3) is 3.92. The molecule has 0 spiro atoms. The predicted molar refractivity (Wildman–Crippen MR) is 94.8 cm³/mol. The van der Waals surface area contributed by atoms with E-state index in [1.807, 2.05) is 30.3 Å². The number of carbonyl (C=O) groups is 2. The Morgan fingerprint density at radius 3 is 2.50 bits per heavy atom. The van der Waals surface area contributed by atoms with Crippen molar-refractivity contribution in [2.24, 2.45) is 0 Å². The normalized spacial score (nSPS) is 10.3. The van der Waals surface area contributed by atoms with Crippen molar-refractivity contribution in [3.05, 3.63) is 77.5 Å². The molecular formula is C20H17NO5. The molecule has 0 aliphatic rings. The highest BCUT2D eigenvalue weighted by molar-refractivity contribution is 5.92. The molecule has 132 valence electrons. The molecule has 6 heteroatoms. The second kappa shape index (κ2) is 7.57. The monoisotopic (exact) mass is 351 g/mol. The second-order valence-electron chi connectivity index (χ2n) is 5.61. The number of phenols is 1. The van der Waals surface area contributed by atoms with Crippen molar-refractivity contribution in [1.29, 1.82) is 0 Å². The Balaban J connectivity index is 1.76. The summed E-state index contributed by atoms with van der Waals surface area (Å²) in [5, 5.41) is 9.81. The van der Waals surface area contributed by atoms with Crippen LogP contribution >= 0.6 is 0 Å². The maximum absolute atomic E-state index is 12.2. The number of carbonyl (C=O) groups excluding carboxylic acids is 2. The highest BCUT2D eigenvalue weighted by Crippen LogP contribution is 2.25. The van der Waals surface area contributed by atoms with Gasteiger partial charge in [0.2, 0.25) is 0 Å². The first-order valence-corrected chi connectivity index (χ1v) is 7.89. The van der Waals surface area contributed by atoms with E-state index in [2.05, 4.69) is 9.72 Å². The first-order chi connectivity index (χ1) is 12.6. The number of hydrogen-bond donors (Lipinski definition) is 2. The van der Waals surface area contributed by atoms with Crippen LogP contribution in [0.1, 0.15) is 26.4 Å². The van der Waals surface area contributed by atoms with Crippen molar-refractivity contribution in [2.75, 3.05) is 7.11 Å². The maximum Gasteiger partial charge on any atom is 0.355 e. The Morgan fingerprint density at radius 1 is 1.00 bits per heavy atom. The van der Waals surface area contributed by atoms with Gasteiger partial charge in [-0.05, 0) is 35.9 Å². The number of aromatic hydroxyl groups is 1. The molecule has 0 saturated carbocycles. The third-order valence-corrected chi connectivity index (χ3v) is 3.77. The van der Waals surface area contributed by atoms with E-state index in [9.17, 15) is 14.7 Å². The lowest BCUT2D eigenvalue weighted by Crippen LogP contribution is -2.05. The van der Waals surface area contributed by atoms with Crippen LogP contribution in [0.5, 0.6) is 5.75 Å². The van der Waals surface area contributed by atoms with Crippen molar-refractivity contribution < 1.29 is 24.2 Å². The van der Waals surface area contributed by atoms with E-state index in [-0.39, 0.29) is 23.6 Å². The number of hydrogen-bond acceptors (Lipinski definition) is 5. The van der Waals surface area contributed by atoms with Crippen LogP contribution in [-0.2, 0) is 16.1 Å². The fourth-order valence-electron chi connectivity index (χ4n) is 2.49. The highest BCUT2D eigenvalue weighted by atomic mass is 16.5. The molecule has 0 amide bonds. The van der Waals surface area contributed by atoms with Crippen molar-refractivity contribution in [3.8, 4) is 17.0 Å². The van der Waals surface area contributed by atoms with E-state index in [1.165, 1.54) is 19.2 Å². The summed E-state index contributed by atoms with van der Waals surface area (Å²) in [6.07, 6.45) is 0. The number of H-pyrrole nitrogens is 1. The molecule has 0 aliphatic heterocycles. The summed E-state index contributed by atoms with van der Waals surface area (Å²) >= 11 is 0. The Morgan fingerprint density at radius 2 is 1.77 bits per heavy atom. The minimum atomic E-state index is -0.559. The van der Waals surface area contributed by atoms with Gasteiger partial charge < -0.3 is 19.6 Å². The lowest BCUT2D eigenvalue weighted by Gasteiger charge is -2.05. The first kappa shape index (κ1) is 17.3. The molecule has 6 nitrogen and oxygen atoms in total. The highest BCUT2D eigenvalue weighted by Gasteiger charge is 2.14. The molecule has 3 aromatic rings. The van der Waals surface area contributed by atoms with E-state index in [0.717, 1.165) is 5.56 Å². The fourth-order valence-corrected chi connectivity index (χ4v) is 2.49. The number of esters is 2. The van der Waals surface area contributed by atoms with Crippen LogP contribution < -0.4 is 0 Å². The molecule has 2 N–H and O–H groups in total. The number of benzene rings is 2. The maximum atomic E-state index is 12.2. The Hall–Kier alpha value is -3.54. The Labute approximate surface area is 150 Å². The number of rotatable bonds is 5. The van der Waals surface area contributed by atoms with Gasteiger partial charge in [-0.3, -0.25) is 0 Å². The van der Waals surface area contributed by atoms with Gasteiger partial charge in [0.05, 0.1) is 12.7 Å². The average Bonchev–Trinajstić information content (AvgIpc) is 3.16. The van der Waals surface area contributed by atoms with E-state index in [4.69, 9.17) is 4.74 Å². The minimum Gasteiger partial charge on any atom is -0.508 e. The second-order valence-corrected chi connectivity index (χ2v) is 5.61.